The molecule has 0 spiro atoms. The van der Waals surface area contributed by atoms with Crippen molar-refractivity contribution < 1.29 is 9.53 Å². The van der Waals surface area contributed by atoms with Crippen molar-refractivity contribution in [2.45, 2.75) is 38.2 Å². The first-order valence-corrected chi connectivity index (χ1v) is 9.29. The van der Waals surface area contributed by atoms with E-state index in [1.165, 1.54) is 6.42 Å². The van der Waals surface area contributed by atoms with Crippen LogP contribution in [-0.2, 0) is 4.74 Å². The molecule has 0 aromatic heterocycles. The normalized spacial score (nSPS) is 14.8. The maximum absolute atomic E-state index is 12.5. The number of halogens is 1. The van der Waals surface area contributed by atoms with Crippen LogP contribution in [0.25, 0.3) is 0 Å². The van der Waals surface area contributed by atoms with Gasteiger partial charge in [0, 0.05) is 11.3 Å². The SMILES string of the molecule is O=C(OC1CCCCC1)c1cc(NC(=S)c2ccccc2)ccc1Cl. The number of carbonyl (C=O) groups excluding carboxylic acids is 1. The number of benzene rings is 2. The third-order valence-corrected chi connectivity index (χ3v) is 4.97. The highest BCUT2D eigenvalue weighted by molar-refractivity contribution is 7.81. The first-order chi connectivity index (χ1) is 12.1. The molecule has 1 aliphatic carbocycles. The Kier molecular flexibility index (Phi) is 6.05. The molecule has 1 N–H and O–H groups in total. The molecule has 0 saturated heterocycles. The molecule has 0 radical (unpaired) electrons. The molecule has 130 valence electrons. The third-order valence-electron chi connectivity index (χ3n) is 4.31. The molecule has 3 rings (SSSR count). The van der Waals surface area contributed by atoms with E-state index in [4.69, 9.17) is 28.6 Å². The lowest BCUT2D eigenvalue weighted by molar-refractivity contribution is 0.0211. The fourth-order valence-electron chi connectivity index (χ4n) is 2.95. The Labute approximate surface area is 158 Å². The van der Waals surface area contributed by atoms with Crippen LogP contribution in [0.15, 0.2) is 48.5 Å². The first kappa shape index (κ1) is 17.9. The van der Waals surface area contributed by atoms with Crippen LogP contribution in [0.2, 0.25) is 5.02 Å². The summed E-state index contributed by atoms with van der Waals surface area (Å²) in [5.74, 6) is -0.369. The lowest BCUT2D eigenvalue weighted by Gasteiger charge is -2.22. The minimum Gasteiger partial charge on any atom is -0.459 e. The Balaban J connectivity index is 1.71. The van der Waals surface area contributed by atoms with Gasteiger partial charge in [-0.2, -0.15) is 0 Å². The van der Waals surface area contributed by atoms with Crippen molar-refractivity contribution in [2.24, 2.45) is 0 Å². The molecule has 25 heavy (non-hydrogen) atoms. The van der Waals surface area contributed by atoms with Gasteiger partial charge in [-0.1, -0.05) is 60.6 Å². The van der Waals surface area contributed by atoms with Gasteiger partial charge in [-0.15, -0.1) is 0 Å². The topological polar surface area (TPSA) is 38.3 Å². The maximum Gasteiger partial charge on any atom is 0.340 e. The number of nitrogens with one attached hydrogen (secondary N) is 1. The monoisotopic (exact) mass is 373 g/mol. The number of ether oxygens (including phenoxy) is 1. The number of thiocarbonyl (C=S) groups is 1. The highest BCUT2D eigenvalue weighted by Gasteiger charge is 2.20. The molecule has 0 heterocycles. The van der Waals surface area contributed by atoms with E-state index in [9.17, 15) is 4.79 Å². The number of carbonyl (C=O) groups is 1. The van der Waals surface area contributed by atoms with Crippen molar-refractivity contribution in [1.29, 1.82) is 0 Å². The summed E-state index contributed by atoms with van der Waals surface area (Å²) in [6, 6.07) is 14.9. The van der Waals surface area contributed by atoms with Gasteiger partial charge in [0.1, 0.15) is 11.1 Å². The first-order valence-electron chi connectivity index (χ1n) is 8.50. The van der Waals surface area contributed by atoms with E-state index >= 15 is 0 Å². The van der Waals surface area contributed by atoms with Crippen LogP contribution in [0, 0.1) is 0 Å². The largest absolute Gasteiger partial charge is 0.459 e. The van der Waals surface area contributed by atoms with Gasteiger partial charge in [0.2, 0.25) is 0 Å². The van der Waals surface area contributed by atoms with Crippen LogP contribution < -0.4 is 5.32 Å². The van der Waals surface area contributed by atoms with Crippen LogP contribution in [0.5, 0.6) is 0 Å². The summed E-state index contributed by atoms with van der Waals surface area (Å²) in [5.41, 5.74) is 2.00. The lowest BCUT2D eigenvalue weighted by Crippen LogP contribution is -2.21. The lowest BCUT2D eigenvalue weighted by atomic mass is 9.98. The summed E-state index contributed by atoms with van der Waals surface area (Å²) in [7, 11) is 0. The van der Waals surface area contributed by atoms with Crippen molar-refractivity contribution >= 4 is 40.5 Å². The summed E-state index contributed by atoms with van der Waals surface area (Å²) in [6.45, 7) is 0. The van der Waals surface area contributed by atoms with Gasteiger partial charge < -0.3 is 10.1 Å². The van der Waals surface area contributed by atoms with Gasteiger partial charge >= 0.3 is 5.97 Å². The minimum atomic E-state index is -0.369. The fourth-order valence-corrected chi connectivity index (χ4v) is 3.40. The van der Waals surface area contributed by atoms with Crippen LogP contribution in [0.4, 0.5) is 5.69 Å². The second-order valence-corrected chi connectivity index (χ2v) is 7.00. The summed E-state index contributed by atoms with van der Waals surface area (Å²) in [4.78, 5) is 13.1. The van der Waals surface area contributed by atoms with E-state index in [2.05, 4.69) is 5.32 Å². The van der Waals surface area contributed by atoms with Crippen molar-refractivity contribution in [3.05, 3.63) is 64.7 Å². The van der Waals surface area contributed by atoms with Gasteiger partial charge in [-0.25, -0.2) is 4.79 Å². The molecule has 0 aliphatic heterocycles. The minimum absolute atomic E-state index is 0.000623. The zero-order chi connectivity index (χ0) is 17.6. The van der Waals surface area contributed by atoms with E-state index in [-0.39, 0.29) is 12.1 Å². The predicted octanol–water partition coefficient (Wildman–Crippen LogP) is 5.62. The highest BCUT2D eigenvalue weighted by Crippen LogP contribution is 2.25. The zero-order valence-corrected chi connectivity index (χ0v) is 15.4. The van der Waals surface area contributed by atoms with E-state index < -0.39 is 0 Å². The average Bonchev–Trinajstić information content (AvgIpc) is 2.64. The number of anilines is 1. The Hall–Kier alpha value is -1.91. The predicted molar refractivity (Wildman–Crippen MR) is 106 cm³/mol. The Bertz CT molecular complexity index is 758. The Morgan fingerprint density at radius 1 is 1.08 bits per heavy atom. The second-order valence-electron chi connectivity index (χ2n) is 6.18. The fraction of sp³-hybridized carbons (Fsp3) is 0.300. The van der Waals surface area contributed by atoms with Crippen molar-refractivity contribution in [3.63, 3.8) is 0 Å². The standard InChI is InChI=1S/C20H20ClNO2S/c21-18-12-11-15(22-19(25)14-7-3-1-4-8-14)13-17(18)20(23)24-16-9-5-2-6-10-16/h1,3-4,7-8,11-13,16H,2,5-6,9-10H2,(H,22,25). The van der Waals surface area contributed by atoms with Crippen LogP contribution in [-0.4, -0.2) is 17.1 Å². The molecule has 1 fully saturated rings. The highest BCUT2D eigenvalue weighted by atomic mass is 35.5. The number of esters is 1. The van der Waals surface area contributed by atoms with Crippen molar-refractivity contribution in [3.8, 4) is 0 Å². The quantitative estimate of drug-likeness (QED) is 0.557. The summed E-state index contributed by atoms with van der Waals surface area (Å²) >= 11 is 11.6. The molecule has 0 unspecified atom stereocenters. The molecule has 1 aliphatic rings. The molecule has 1 saturated carbocycles. The van der Waals surface area contributed by atoms with Crippen LogP contribution in [0.1, 0.15) is 48.0 Å². The molecule has 5 heteroatoms. The molecule has 0 bridgehead atoms. The summed E-state index contributed by atoms with van der Waals surface area (Å²) in [6.07, 6.45) is 5.29. The van der Waals surface area contributed by atoms with Crippen LogP contribution >= 0.6 is 23.8 Å². The van der Waals surface area contributed by atoms with Gasteiger partial charge in [-0.3, -0.25) is 0 Å². The Morgan fingerprint density at radius 3 is 2.52 bits per heavy atom. The molecule has 0 atom stereocenters. The van der Waals surface area contributed by atoms with Gasteiger partial charge in [-0.05, 0) is 43.9 Å². The average molecular weight is 374 g/mol. The molecule has 0 amide bonds. The second kappa shape index (κ2) is 8.45. The third kappa shape index (κ3) is 4.80. The van der Waals surface area contributed by atoms with Crippen molar-refractivity contribution in [2.75, 3.05) is 5.32 Å². The smallest absolute Gasteiger partial charge is 0.340 e. The molecular weight excluding hydrogens is 354 g/mol. The van der Waals surface area contributed by atoms with E-state index in [1.807, 2.05) is 30.3 Å². The van der Waals surface area contributed by atoms with E-state index in [0.717, 1.165) is 31.2 Å². The molecular formula is C20H20ClNO2S. The van der Waals surface area contributed by atoms with Gasteiger partial charge in [0.05, 0.1) is 10.6 Å². The van der Waals surface area contributed by atoms with Crippen molar-refractivity contribution in [1.82, 2.24) is 0 Å². The van der Waals surface area contributed by atoms with E-state index in [1.54, 1.807) is 18.2 Å². The number of rotatable bonds is 4. The number of hydrogen-bond acceptors (Lipinski definition) is 3. The van der Waals surface area contributed by atoms with Crippen LogP contribution in [0.3, 0.4) is 0 Å². The number of hydrogen-bond donors (Lipinski definition) is 1. The molecule has 2 aromatic rings. The summed E-state index contributed by atoms with van der Waals surface area (Å²) < 4.78 is 5.62. The zero-order valence-electron chi connectivity index (χ0n) is 13.8. The van der Waals surface area contributed by atoms with Gasteiger partial charge in [0.25, 0.3) is 0 Å². The molecule has 2 aromatic carbocycles. The summed E-state index contributed by atoms with van der Waals surface area (Å²) in [5, 5.41) is 3.54. The Morgan fingerprint density at radius 2 is 1.80 bits per heavy atom. The van der Waals surface area contributed by atoms with Gasteiger partial charge in [0.15, 0.2) is 0 Å². The van der Waals surface area contributed by atoms with E-state index in [0.29, 0.717) is 21.3 Å². The molecule has 3 nitrogen and oxygen atoms in total. The maximum atomic E-state index is 12.5.